The Morgan fingerprint density at radius 3 is 3.12 bits per heavy atom. The number of hydrogen-bond donors (Lipinski definition) is 2. The van der Waals surface area contributed by atoms with Crippen LogP contribution in [0.1, 0.15) is 22.6 Å². The molecule has 0 aliphatic carbocycles. The topological polar surface area (TPSA) is 104 Å². The van der Waals surface area contributed by atoms with Crippen LogP contribution < -0.4 is 5.56 Å². The van der Waals surface area contributed by atoms with Crippen molar-refractivity contribution in [3.8, 4) is 0 Å². The van der Waals surface area contributed by atoms with E-state index in [4.69, 9.17) is 4.74 Å². The Hall–Kier alpha value is -3.00. The van der Waals surface area contributed by atoms with Crippen molar-refractivity contribution in [2.75, 3.05) is 19.7 Å². The van der Waals surface area contributed by atoms with Crippen LogP contribution in [0.5, 0.6) is 0 Å². The number of nitrogens with one attached hydrogen (secondary N) is 2. The molecule has 0 saturated carbocycles. The molecule has 1 fully saturated rings. The number of aryl methyl sites for hydroxylation is 1. The van der Waals surface area contributed by atoms with Gasteiger partial charge < -0.3 is 14.6 Å². The van der Waals surface area contributed by atoms with Gasteiger partial charge in [0.05, 0.1) is 24.6 Å². The fourth-order valence-electron chi connectivity index (χ4n) is 3.21. The van der Waals surface area contributed by atoms with Crippen LogP contribution in [0.4, 0.5) is 0 Å². The Morgan fingerprint density at radius 2 is 2.23 bits per heavy atom. The van der Waals surface area contributed by atoms with Crippen molar-refractivity contribution in [1.29, 1.82) is 0 Å². The predicted molar refractivity (Wildman–Crippen MR) is 94.9 cm³/mol. The number of hydrogen-bond acceptors (Lipinski definition) is 5. The molecule has 8 nitrogen and oxygen atoms in total. The van der Waals surface area contributed by atoms with Gasteiger partial charge in [-0.15, -0.1) is 0 Å². The molecule has 1 saturated heterocycles. The van der Waals surface area contributed by atoms with E-state index < -0.39 is 0 Å². The van der Waals surface area contributed by atoms with Gasteiger partial charge in [0.25, 0.3) is 11.5 Å². The highest BCUT2D eigenvalue weighted by molar-refractivity contribution is 6.04. The van der Waals surface area contributed by atoms with Crippen molar-refractivity contribution in [2.45, 2.75) is 18.9 Å². The van der Waals surface area contributed by atoms with Crippen molar-refractivity contribution in [3.63, 3.8) is 0 Å². The number of rotatable bonds is 4. The Balaban J connectivity index is 1.43. The molecule has 26 heavy (non-hydrogen) atoms. The molecule has 8 heteroatoms. The first-order valence-electron chi connectivity index (χ1n) is 8.58. The molecule has 0 radical (unpaired) electrons. The summed E-state index contributed by atoms with van der Waals surface area (Å²) in [5, 5.41) is 7.92. The van der Waals surface area contributed by atoms with Gasteiger partial charge in [0.2, 0.25) is 0 Å². The molecule has 3 heterocycles. The number of carbonyl (C=O) groups is 1. The summed E-state index contributed by atoms with van der Waals surface area (Å²) in [6, 6.07) is 9.08. The van der Waals surface area contributed by atoms with Gasteiger partial charge in [0, 0.05) is 30.2 Å². The van der Waals surface area contributed by atoms with Crippen LogP contribution in [0.3, 0.4) is 0 Å². The van der Waals surface area contributed by atoms with E-state index >= 15 is 0 Å². The fraction of sp³-hybridized carbons (Fsp3) is 0.333. The van der Waals surface area contributed by atoms with Gasteiger partial charge in [-0.3, -0.25) is 14.7 Å². The number of morpholine rings is 1. The summed E-state index contributed by atoms with van der Waals surface area (Å²) in [7, 11) is 0. The van der Waals surface area contributed by atoms with Gasteiger partial charge in [-0.05, 0) is 18.9 Å². The van der Waals surface area contributed by atoms with Crippen LogP contribution in [0.2, 0.25) is 0 Å². The first kappa shape index (κ1) is 16.5. The summed E-state index contributed by atoms with van der Waals surface area (Å²) >= 11 is 0. The Labute approximate surface area is 149 Å². The zero-order valence-electron chi connectivity index (χ0n) is 14.1. The van der Waals surface area contributed by atoms with Gasteiger partial charge in [-0.2, -0.15) is 5.10 Å². The highest BCUT2D eigenvalue weighted by Crippen LogP contribution is 2.19. The highest BCUT2D eigenvalue weighted by atomic mass is 16.5. The van der Waals surface area contributed by atoms with Gasteiger partial charge >= 0.3 is 0 Å². The van der Waals surface area contributed by atoms with E-state index in [0.29, 0.717) is 38.2 Å². The third-order valence-corrected chi connectivity index (χ3v) is 4.56. The Bertz CT molecular complexity index is 980. The van der Waals surface area contributed by atoms with Gasteiger partial charge in [-0.25, -0.2) is 4.98 Å². The van der Waals surface area contributed by atoms with Gasteiger partial charge in [0.15, 0.2) is 5.69 Å². The van der Waals surface area contributed by atoms with Crippen molar-refractivity contribution in [1.82, 2.24) is 25.1 Å². The maximum atomic E-state index is 12.9. The van der Waals surface area contributed by atoms with Crippen LogP contribution >= 0.6 is 0 Å². The van der Waals surface area contributed by atoms with Crippen molar-refractivity contribution in [2.24, 2.45) is 0 Å². The smallest absolute Gasteiger partial charge is 0.275 e. The van der Waals surface area contributed by atoms with E-state index in [2.05, 4.69) is 20.2 Å². The van der Waals surface area contributed by atoms with E-state index in [9.17, 15) is 9.59 Å². The normalized spacial score (nSPS) is 17.5. The van der Waals surface area contributed by atoms with Gasteiger partial charge in [0.1, 0.15) is 0 Å². The third kappa shape index (κ3) is 3.36. The maximum Gasteiger partial charge on any atom is 0.275 e. The summed E-state index contributed by atoms with van der Waals surface area (Å²) in [6.07, 6.45) is 2.64. The lowest BCUT2D eigenvalue weighted by atomic mass is 10.1. The SMILES string of the molecule is O=C(c1n[nH]c2ccccc12)N1CCOC(CCc2cc(=O)[nH]cn2)C1. The molecular formula is C18H19N5O3. The average Bonchev–Trinajstić information content (AvgIpc) is 3.10. The Morgan fingerprint density at radius 1 is 1.35 bits per heavy atom. The second kappa shape index (κ2) is 7.09. The first-order chi connectivity index (χ1) is 12.7. The first-order valence-corrected chi connectivity index (χ1v) is 8.58. The molecule has 134 valence electrons. The molecule has 1 atom stereocenters. The largest absolute Gasteiger partial charge is 0.375 e. The van der Waals surface area contributed by atoms with Crippen LogP contribution in [0.15, 0.2) is 41.5 Å². The lowest BCUT2D eigenvalue weighted by Crippen LogP contribution is -2.46. The number of ether oxygens (including phenoxy) is 1. The van der Waals surface area contributed by atoms with Crippen LogP contribution in [0, 0.1) is 0 Å². The molecule has 1 aliphatic rings. The molecule has 2 N–H and O–H groups in total. The lowest BCUT2D eigenvalue weighted by Gasteiger charge is -2.32. The van der Waals surface area contributed by atoms with Crippen molar-refractivity contribution < 1.29 is 9.53 Å². The van der Waals surface area contributed by atoms with Crippen LogP contribution in [0.25, 0.3) is 10.9 Å². The fourth-order valence-corrected chi connectivity index (χ4v) is 3.21. The zero-order valence-corrected chi connectivity index (χ0v) is 14.1. The summed E-state index contributed by atoms with van der Waals surface area (Å²) < 4.78 is 5.78. The highest BCUT2D eigenvalue weighted by Gasteiger charge is 2.27. The quantitative estimate of drug-likeness (QED) is 0.731. The molecule has 1 aromatic carbocycles. The van der Waals surface area contributed by atoms with E-state index in [-0.39, 0.29) is 17.6 Å². The minimum Gasteiger partial charge on any atom is -0.375 e. The van der Waals surface area contributed by atoms with E-state index in [1.807, 2.05) is 24.3 Å². The number of H-pyrrole nitrogens is 2. The number of aromatic nitrogens is 4. The standard InChI is InChI=1S/C18H19N5O3/c24-16-9-12(19-11-20-16)5-6-13-10-23(7-8-26-13)18(25)17-14-3-1-2-4-15(14)21-22-17/h1-4,9,11,13H,5-8,10H2,(H,21,22)(H,19,20,24). The molecule has 4 rings (SSSR count). The summed E-state index contributed by atoms with van der Waals surface area (Å²) in [5.74, 6) is -0.0926. The van der Waals surface area contributed by atoms with E-state index in [0.717, 1.165) is 16.6 Å². The molecular weight excluding hydrogens is 334 g/mol. The molecule has 1 aliphatic heterocycles. The van der Waals surface area contributed by atoms with Crippen molar-refractivity contribution >= 4 is 16.8 Å². The molecule has 2 aromatic heterocycles. The average molecular weight is 353 g/mol. The summed E-state index contributed by atoms with van der Waals surface area (Å²) in [6.45, 7) is 1.53. The van der Waals surface area contributed by atoms with E-state index in [1.54, 1.807) is 4.90 Å². The minimum atomic E-state index is -0.165. The number of amides is 1. The number of fused-ring (bicyclic) bond motifs is 1. The second-order valence-corrected chi connectivity index (χ2v) is 6.30. The van der Waals surface area contributed by atoms with Crippen molar-refractivity contribution in [3.05, 3.63) is 58.4 Å². The predicted octanol–water partition coefficient (Wildman–Crippen LogP) is 1.12. The Kier molecular flexibility index (Phi) is 4.49. The van der Waals surface area contributed by atoms with Gasteiger partial charge in [-0.1, -0.05) is 18.2 Å². The third-order valence-electron chi connectivity index (χ3n) is 4.56. The molecule has 0 spiro atoms. The maximum absolute atomic E-state index is 12.9. The molecule has 1 amide bonds. The van der Waals surface area contributed by atoms with E-state index in [1.165, 1.54) is 12.4 Å². The lowest BCUT2D eigenvalue weighted by molar-refractivity contribution is -0.0248. The summed E-state index contributed by atoms with van der Waals surface area (Å²) in [5.41, 5.74) is 1.85. The number of aromatic amines is 2. The summed E-state index contributed by atoms with van der Waals surface area (Å²) in [4.78, 5) is 32.6. The van der Waals surface area contributed by atoms with Crippen LogP contribution in [-0.4, -0.2) is 56.8 Å². The number of carbonyl (C=O) groups excluding carboxylic acids is 1. The number of benzene rings is 1. The molecule has 1 unspecified atom stereocenters. The molecule has 3 aromatic rings. The number of nitrogens with zero attached hydrogens (tertiary/aromatic N) is 3. The zero-order chi connectivity index (χ0) is 17.9. The molecule has 0 bridgehead atoms. The minimum absolute atomic E-state index is 0.0843. The monoisotopic (exact) mass is 353 g/mol. The van der Waals surface area contributed by atoms with Crippen LogP contribution in [-0.2, 0) is 11.2 Å². The second-order valence-electron chi connectivity index (χ2n) is 6.30. The number of para-hydroxylation sites is 1.